The maximum Gasteiger partial charge on any atom is 0.387 e. The summed E-state index contributed by atoms with van der Waals surface area (Å²) in [6.45, 7) is 0. The van der Waals surface area contributed by atoms with Gasteiger partial charge >= 0.3 is 5.71 Å². The van der Waals surface area contributed by atoms with Gasteiger partial charge in [-0.3, -0.25) is 0 Å². The molecule has 0 radical (unpaired) electrons. The van der Waals surface area contributed by atoms with Gasteiger partial charge in [-0.2, -0.15) is 0 Å². The Hall–Kier alpha value is -9.85. The van der Waals surface area contributed by atoms with Gasteiger partial charge in [0.25, 0.3) is 0 Å². The molecular weight excluding hydrogens is 887 g/mol. The molecule has 17 rings (SSSR count). The lowest BCUT2D eigenvalue weighted by molar-refractivity contribution is -0.574. The third-order valence-corrected chi connectivity index (χ3v) is 15.2. The molecule has 0 spiro atoms. The third kappa shape index (κ3) is 5.05. The van der Waals surface area contributed by atoms with E-state index in [0.29, 0.717) is 0 Å². The minimum Gasteiger partial charge on any atom is -0.455 e. The summed E-state index contributed by atoms with van der Waals surface area (Å²) in [4.78, 5) is 0. The van der Waals surface area contributed by atoms with E-state index in [1.807, 2.05) is 0 Å². The lowest BCUT2D eigenvalue weighted by atomic mass is 10.0. The predicted octanol–water partition coefficient (Wildman–Crippen LogP) is 17.4. The topological polar surface area (TPSA) is 66.3 Å². The van der Waals surface area contributed by atoms with Crippen LogP contribution in [-0.4, -0.2) is 9.13 Å². The van der Waals surface area contributed by atoms with Gasteiger partial charge in [0, 0.05) is 83.0 Å². The highest BCUT2D eigenvalue weighted by atomic mass is 16.4. The molecule has 0 N–H and O–H groups in total. The van der Waals surface area contributed by atoms with Crippen LogP contribution in [0.4, 0.5) is 0 Å². The zero-order valence-electron chi connectivity index (χ0n) is 38.3. The summed E-state index contributed by atoms with van der Waals surface area (Å²) in [7, 11) is 0. The van der Waals surface area contributed by atoms with E-state index < -0.39 is 0 Å². The predicted molar refractivity (Wildman–Crippen MR) is 291 cm³/mol. The molecule has 0 saturated heterocycles. The molecule has 0 aliphatic carbocycles. The number of benzene rings is 10. The van der Waals surface area contributed by atoms with Crippen LogP contribution in [0.15, 0.2) is 236 Å². The molecule has 0 aliphatic rings. The molecule has 7 nitrogen and oxygen atoms in total. The Morgan fingerprint density at radius 2 is 0.694 bits per heavy atom. The fraction of sp³-hybridized carbons (Fsp3) is 0. The standard InChI is InChI=1S/C65H36N3O4/c1-5-25-52-40(16-1)41-17-2-6-26-53(41)67(52)56-29-11-22-45-49-34-58-48(33-59(49)70-63(45)56)44-21-10-20-39(62(44)69-58)37-14-9-15-38(32-37)66-31-13-24-47-51-36-60-50(35-61(51)72-65(47)66)46-23-12-30-57(64(46)71-60)68-54-27-7-3-18-42(54)43-19-4-8-28-55(43)68/h1-36H/q+1. The van der Waals surface area contributed by atoms with E-state index in [1.54, 1.807) is 0 Å². The Morgan fingerprint density at radius 1 is 0.292 bits per heavy atom. The van der Waals surface area contributed by atoms with Crippen molar-refractivity contribution >= 4 is 131 Å². The molecule has 72 heavy (non-hydrogen) atoms. The number of aromatic nitrogens is 3. The summed E-state index contributed by atoms with van der Waals surface area (Å²) in [5, 5.41) is 13.0. The average molecular weight is 923 g/mol. The number of pyridine rings is 1. The van der Waals surface area contributed by atoms with Crippen molar-refractivity contribution in [1.82, 2.24) is 9.13 Å². The summed E-state index contributed by atoms with van der Waals surface area (Å²) in [5.74, 6) is 0. The van der Waals surface area contributed by atoms with E-state index >= 15 is 0 Å². The number of hydrogen-bond donors (Lipinski definition) is 0. The Balaban J connectivity index is 0.772. The molecule has 334 valence electrons. The number of nitrogens with zero attached hydrogens (tertiary/aromatic N) is 3. The summed E-state index contributed by atoms with van der Waals surface area (Å²) in [6, 6.07) is 74.9. The van der Waals surface area contributed by atoms with Gasteiger partial charge in [-0.05, 0) is 72.3 Å². The zero-order chi connectivity index (χ0) is 46.8. The van der Waals surface area contributed by atoms with E-state index in [0.717, 1.165) is 138 Å². The minimum atomic E-state index is 0.755. The SMILES string of the molecule is c1cc(-c2cccc3c2oc2cc4c(cc23)oc2c(-n3c5ccccc5c5ccccc53)cccc24)cc(-[n+]2cccc3c4cc5oc6c(-n7c8ccccc8c8ccccc87)cccc6c5cc4oc32)c1. The second kappa shape index (κ2) is 13.9. The Bertz CT molecular complexity index is 4760. The molecule has 7 heteroatoms. The first-order valence-corrected chi connectivity index (χ1v) is 24.3. The second-order valence-electron chi connectivity index (χ2n) is 19.0. The number of hydrogen-bond acceptors (Lipinski definition) is 4. The van der Waals surface area contributed by atoms with Crippen LogP contribution >= 0.6 is 0 Å². The van der Waals surface area contributed by atoms with E-state index in [2.05, 4.69) is 232 Å². The second-order valence-corrected chi connectivity index (χ2v) is 19.0. The monoisotopic (exact) mass is 922 g/mol. The smallest absolute Gasteiger partial charge is 0.387 e. The average Bonchev–Trinajstić information content (AvgIpc) is 4.29. The maximum absolute atomic E-state index is 6.88. The first-order valence-electron chi connectivity index (χ1n) is 24.3. The van der Waals surface area contributed by atoms with Gasteiger partial charge in [0.05, 0.1) is 38.8 Å². The van der Waals surface area contributed by atoms with E-state index in [-0.39, 0.29) is 0 Å². The van der Waals surface area contributed by atoms with E-state index in [1.165, 1.54) is 21.5 Å². The van der Waals surface area contributed by atoms with Crippen LogP contribution in [0.2, 0.25) is 0 Å². The van der Waals surface area contributed by atoms with Crippen LogP contribution in [0.5, 0.6) is 0 Å². The lowest BCUT2D eigenvalue weighted by Crippen LogP contribution is -2.30. The van der Waals surface area contributed by atoms with Crippen molar-refractivity contribution in [3.8, 4) is 28.2 Å². The Labute approximate surface area is 407 Å². The van der Waals surface area contributed by atoms with Crippen LogP contribution in [-0.2, 0) is 0 Å². The van der Waals surface area contributed by atoms with E-state index in [9.17, 15) is 0 Å². The van der Waals surface area contributed by atoms with Gasteiger partial charge in [-0.25, -0.2) is 0 Å². The summed E-state index contributed by atoms with van der Waals surface area (Å²) in [5.41, 5.74) is 16.1. The number of para-hydroxylation sites is 7. The van der Waals surface area contributed by atoms with Crippen molar-refractivity contribution in [1.29, 1.82) is 0 Å². The third-order valence-electron chi connectivity index (χ3n) is 15.2. The molecule has 0 unspecified atom stereocenters. The van der Waals surface area contributed by atoms with Gasteiger partial charge in [-0.15, -0.1) is 4.57 Å². The van der Waals surface area contributed by atoms with Crippen molar-refractivity contribution < 1.29 is 22.2 Å². The molecule has 0 atom stereocenters. The van der Waals surface area contributed by atoms with Crippen LogP contribution in [0.25, 0.3) is 160 Å². The highest BCUT2D eigenvalue weighted by Gasteiger charge is 2.25. The minimum absolute atomic E-state index is 0.755. The van der Waals surface area contributed by atoms with Gasteiger partial charge in [0.2, 0.25) is 5.69 Å². The molecule has 17 aromatic rings. The number of fused-ring (bicyclic) bond motifs is 18. The molecular formula is C65H36N3O4+. The summed E-state index contributed by atoms with van der Waals surface area (Å²) in [6.07, 6.45) is 2.06. The van der Waals surface area contributed by atoms with Crippen molar-refractivity contribution in [2.24, 2.45) is 0 Å². The fourth-order valence-electron chi connectivity index (χ4n) is 12.1. The molecule has 0 amide bonds. The highest BCUT2D eigenvalue weighted by Crippen LogP contribution is 2.44. The first kappa shape index (κ1) is 38.1. The molecule has 0 fully saturated rings. The zero-order valence-corrected chi connectivity index (χ0v) is 38.3. The lowest BCUT2D eigenvalue weighted by Gasteiger charge is -2.08. The van der Waals surface area contributed by atoms with Crippen LogP contribution in [0.3, 0.4) is 0 Å². The van der Waals surface area contributed by atoms with Crippen molar-refractivity contribution in [3.05, 3.63) is 219 Å². The van der Waals surface area contributed by atoms with Crippen molar-refractivity contribution in [3.63, 3.8) is 0 Å². The molecule has 7 aromatic heterocycles. The van der Waals surface area contributed by atoms with Gasteiger partial charge < -0.3 is 26.8 Å². The summed E-state index contributed by atoms with van der Waals surface area (Å²) >= 11 is 0. The molecule has 0 saturated carbocycles. The quantitative estimate of drug-likeness (QED) is 0.165. The molecule has 7 heterocycles. The maximum atomic E-state index is 6.88. The number of rotatable bonds is 4. The normalized spacial score (nSPS) is 12.4. The van der Waals surface area contributed by atoms with Gasteiger partial charge in [0.1, 0.15) is 27.9 Å². The molecule has 10 aromatic carbocycles. The first-order chi connectivity index (χ1) is 35.7. The Kier molecular flexibility index (Phi) is 7.35. The Morgan fingerprint density at radius 3 is 1.22 bits per heavy atom. The van der Waals surface area contributed by atoms with Gasteiger partial charge in [0.15, 0.2) is 17.4 Å². The van der Waals surface area contributed by atoms with Crippen molar-refractivity contribution in [2.75, 3.05) is 0 Å². The van der Waals surface area contributed by atoms with Crippen molar-refractivity contribution in [2.45, 2.75) is 0 Å². The van der Waals surface area contributed by atoms with Crippen LogP contribution < -0.4 is 4.57 Å². The van der Waals surface area contributed by atoms with Gasteiger partial charge in [-0.1, -0.05) is 127 Å². The highest BCUT2D eigenvalue weighted by molar-refractivity contribution is 6.19. The van der Waals surface area contributed by atoms with Crippen LogP contribution in [0, 0.1) is 0 Å². The number of furan rings is 4. The largest absolute Gasteiger partial charge is 0.455 e. The molecule has 0 bridgehead atoms. The molecule has 0 aliphatic heterocycles. The summed E-state index contributed by atoms with van der Waals surface area (Å²) < 4.78 is 34.2. The van der Waals surface area contributed by atoms with E-state index in [4.69, 9.17) is 17.7 Å². The van der Waals surface area contributed by atoms with Crippen LogP contribution in [0.1, 0.15) is 0 Å². The fourth-order valence-corrected chi connectivity index (χ4v) is 12.1.